The van der Waals surface area contributed by atoms with Crippen molar-refractivity contribution in [3.8, 4) is 24.0 Å². The molecule has 0 radical (unpaired) electrons. The fourth-order valence-corrected chi connectivity index (χ4v) is 2.24. The first kappa shape index (κ1) is 15.4. The molecule has 106 valence electrons. The number of nitrogens with zero attached hydrogens (tertiary/aromatic N) is 2. The third-order valence-electron chi connectivity index (χ3n) is 3.38. The molecule has 2 aromatic carbocycles. The minimum absolute atomic E-state index is 0.497. The summed E-state index contributed by atoms with van der Waals surface area (Å²) in [5, 5.41) is 17.5. The zero-order chi connectivity index (χ0) is 15.6. The molecule has 0 saturated carbocycles. The van der Waals surface area contributed by atoms with Gasteiger partial charge in [0.2, 0.25) is 0 Å². The van der Waals surface area contributed by atoms with E-state index in [-0.39, 0.29) is 0 Å². The summed E-state index contributed by atoms with van der Waals surface area (Å²) in [5.74, 6) is 6.43. The van der Waals surface area contributed by atoms with Crippen LogP contribution in [-0.4, -0.2) is 0 Å². The van der Waals surface area contributed by atoms with Crippen LogP contribution in [0.3, 0.4) is 0 Å². The van der Waals surface area contributed by atoms with Crippen LogP contribution in [-0.2, 0) is 12.8 Å². The van der Waals surface area contributed by atoms with Gasteiger partial charge < -0.3 is 0 Å². The number of hydrogen-bond donors (Lipinski definition) is 0. The van der Waals surface area contributed by atoms with E-state index in [1.54, 1.807) is 0 Å². The standard InChI is InChI=1S/C20H16N2/c21-15-5-11-17-7-1-3-9-19(17)13-14-20-10-4-2-8-18(20)12-6-16-22/h1-4,7-10H,5-6,11-12H2. The van der Waals surface area contributed by atoms with Gasteiger partial charge in [-0.15, -0.1) is 0 Å². The van der Waals surface area contributed by atoms with Gasteiger partial charge in [0.15, 0.2) is 0 Å². The van der Waals surface area contributed by atoms with E-state index in [2.05, 4.69) is 24.0 Å². The molecule has 0 unspecified atom stereocenters. The molecule has 2 nitrogen and oxygen atoms in total. The Bertz CT molecular complexity index is 714. The SMILES string of the molecule is N#CCCc1ccccc1C#Cc1ccccc1CCC#N. The summed E-state index contributed by atoms with van der Waals surface area (Å²) >= 11 is 0. The molecule has 0 heterocycles. The van der Waals surface area contributed by atoms with Crippen LogP contribution in [0.4, 0.5) is 0 Å². The zero-order valence-electron chi connectivity index (χ0n) is 12.3. The van der Waals surface area contributed by atoms with Gasteiger partial charge in [0.25, 0.3) is 0 Å². The molecule has 2 heteroatoms. The molecule has 2 aromatic rings. The fraction of sp³-hybridized carbons (Fsp3) is 0.200. The zero-order valence-corrected chi connectivity index (χ0v) is 12.3. The van der Waals surface area contributed by atoms with Crippen molar-refractivity contribution in [1.82, 2.24) is 0 Å². The number of benzene rings is 2. The van der Waals surface area contributed by atoms with Crippen LogP contribution in [0.25, 0.3) is 0 Å². The summed E-state index contributed by atoms with van der Waals surface area (Å²) in [6, 6.07) is 20.2. The maximum Gasteiger partial charge on any atom is 0.0625 e. The van der Waals surface area contributed by atoms with Gasteiger partial charge in [-0.3, -0.25) is 0 Å². The molecule has 22 heavy (non-hydrogen) atoms. The van der Waals surface area contributed by atoms with Crippen LogP contribution in [0.15, 0.2) is 48.5 Å². The lowest BCUT2D eigenvalue weighted by Gasteiger charge is -2.02. The first-order valence-corrected chi connectivity index (χ1v) is 7.27. The molecule has 2 rings (SSSR count). The summed E-state index contributed by atoms with van der Waals surface area (Å²) in [7, 11) is 0. The Morgan fingerprint density at radius 1 is 0.636 bits per heavy atom. The second-order valence-corrected chi connectivity index (χ2v) is 4.88. The van der Waals surface area contributed by atoms with Crippen LogP contribution in [0.5, 0.6) is 0 Å². The third-order valence-corrected chi connectivity index (χ3v) is 3.38. The van der Waals surface area contributed by atoms with E-state index < -0.39 is 0 Å². The quantitative estimate of drug-likeness (QED) is 0.797. The lowest BCUT2D eigenvalue weighted by atomic mass is 10.0. The van der Waals surface area contributed by atoms with Crippen molar-refractivity contribution in [2.75, 3.05) is 0 Å². The predicted octanol–water partition coefficient (Wildman–Crippen LogP) is 4.00. The minimum Gasteiger partial charge on any atom is -0.198 e. The summed E-state index contributed by atoms with van der Waals surface area (Å²) in [6.45, 7) is 0. The van der Waals surface area contributed by atoms with E-state index in [1.165, 1.54) is 0 Å². The van der Waals surface area contributed by atoms with Crippen LogP contribution >= 0.6 is 0 Å². The monoisotopic (exact) mass is 284 g/mol. The molecule has 0 aliphatic carbocycles. The van der Waals surface area contributed by atoms with Crippen LogP contribution < -0.4 is 0 Å². The summed E-state index contributed by atoms with van der Waals surface area (Å²) < 4.78 is 0. The van der Waals surface area contributed by atoms with Crippen molar-refractivity contribution in [2.24, 2.45) is 0 Å². The first-order chi connectivity index (χ1) is 10.8. The smallest absolute Gasteiger partial charge is 0.0625 e. The normalized spacial score (nSPS) is 9.18. The van der Waals surface area contributed by atoms with Gasteiger partial charge in [0, 0.05) is 24.0 Å². The van der Waals surface area contributed by atoms with E-state index in [4.69, 9.17) is 10.5 Å². The van der Waals surface area contributed by atoms with Crippen molar-refractivity contribution in [3.63, 3.8) is 0 Å². The molecular formula is C20H16N2. The lowest BCUT2D eigenvalue weighted by molar-refractivity contribution is 1.00. The highest BCUT2D eigenvalue weighted by atomic mass is 14.2. The highest BCUT2D eigenvalue weighted by Crippen LogP contribution is 2.12. The number of hydrogen-bond acceptors (Lipinski definition) is 2. The molecule has 0 amide bonds. The fourth-order valence-electron chi connectivity index (χ4n) is 2.24. The topological polar surface area (TPSA) is 47.6 Å². The number of aryl methyl sites for hydroxylation is 2. The average Bonchev–Trinajstić information content (AvgIpc) is 2.57. The molecule has 0 saturated heterocycles. The second-order valence-electron chi connectivity index (χ2n) is 4.88. The van der Waals surface area contributed by atoms with Crippen LogP contribution in [0, 0.1) is 34.5 Å². The van der Waals surface area contributed by atoms with Crippen LogP contribution in [0.1, 0.15) is 35.1 Å². The maximum atomic E-state index is 8.73. The largest absolute Gasteiger partial charge is 0.198 e. The van der Waals surface area contributed by atoms with Crippen molar-refractivity contribution in [2.45, 2.75) is 25.7 Å². The summed E-state index contributed by atoms with van der Waals surface area (Å²) in [5.41, 5.74) is 4.14. The molecule has 0 aliphatic heterocycles. The van der Waals surface area contributed by atoms with Gasteiger partial charge >= 0.3 is 0 Å². The third kappa shape index (κ3) is 4.24. The Morgan fingerprint density at radius 3 is 1.45 bits per heavy atom. The highest BCUT2D eigenvalue weighted by Gasteiger charge is 2.00. The Labute approximate surface area is 131 Å². The number of nitriles is 2. The Kier molecular flexibility index (Phi) is 5.80. The highest BCUT2D eigenvalue weighted by molar-refractivity contribution is 5.49. The maximum absolute atomic E-state index is 8.73. The van der Waals surface area contributed by atoms with E-state index in [1.807, 2.05) is 48.5 Å². The van der Waals surface area contributed by atoms with Gasteiger partial charge in [-0.1, -0.05) is 48.2 Å². The van der Waals surface area contributed by atoms with E-state index in [0.717, 1.165) is 35.1 Å². The molecule has 0 spiro atoms. The van der Waals surface area contributed by atoms with Gasteiger partial charge in [-0.05, 0) is 36.1 Å². The average molecular weight is 284 g/mol. The second kappa shape index (κ2) is 8.31. The Balaban J connectivity index is 2.28. The molecule has 0 N–H and O–H groups in total. The summed E-state index contributed by atoms with van der Waals surface area (Å²) in [4.78, 5) is 0. The van der Waals surface area contributed by atoms with E-state index in [9.17, 15) is 0 Å². The summed E-state index contributed by atoms with van der Waals surface area (Å²) in [6.07, 6.45) is 2.43. The van der Waals surface area contributed by atoms with Gasteiger partial charge in [0.1, 0.15) is 0 Å². The number of rotatable bonds is 4. The van der Waals surface area contributed by atoms with Gasteiger partial charge in [0.05, 0.1) is 12.1 Å². The van der Waals surface area contributed by atoms with Crippen molar-refractivity contribution in [1.29, 1.82) is 10.5 Å². The molecule has 0 aliphatic rings. The lowest BCUT2D eigenvalue weighted by Crippen LogP contribution is -1.91. The molecule has 0 bridgehead atoms. The molecule has 0 aromatic heterocycles. The first-order valence-electron chi connectivity index (χ1n) is 7.27. The molecular weight excluding hydrogens is 268 g/mol. The van der Waals surface area contributed by atoms with E-state index in [0.29, 0.717) is 12.8 Å². The molecule has 0 fully saturated rings. The minimum atomic E-state index is 0.497. The Hall–Kier alpha value is -3.02. The van der Waals surface area contributed by atoms with Gasteiger partial charge in [-0.25, -0.2) is 0 Å². The van der Waals surface area contributed by atoms with E-state index >= 15 is 0 Å². The van der Waals surface area contributed by atoms with Gasteiger partial charge in [-0.2, -0.15) is 10.5 Å². The Morgan fingerprint density at radius 2 is 1.05 bits per heavy atom. The van der Waals surface area contributed by atoms with Crippen molar-refractivity contribution < 1.29 is 0 Å². The predicted molar refractivity (Wildman–Crippen MR) is 86.7 cm³/mol. The van der Waals surface area contributed by atoms with Crippen molar-refractivity contribution in [3.05, 3.63) is 70.8 Å². The molecule has 0 atom stereocenters. The van der Waals surface area contributed by atoms with Crippen molar-refractivity contribution >= 4 is 0 Å². The van der Waals surface area contributed by atoms with Crippen LogP contribution in [0.2, 0.25) is 0 Å².